The van der Waals surface area contributed by atoms with E-state index in [1.807, 2.05) is 6.07 Å². The number of nitro benzene ring substituents is 1. The normalized spacial score (nSPS) is 14.4. The van der Waals surface area contributed by atoms with Gasteiger partial charge in [0.05, 0.1) is 4.92 Å². The average molecular weight is 559 g/mol. The van der Waals surface area contributed by atoms with E-state index < -0.39 is 4.92 Å². The van der Waals surface area contributed by atoms with E-state index in [1.165, 1.54) is 37.0 Å². The van der Waals surface area contributed by atoms with Crippen molar-refractivity contribution < 1.29 is 19.9 Å². The number of fused-ring (bicyclic) bond motifs is 1. The monoisotopic (exact) mass is 557 g/mol. The Bertz CT molecular complexity index is 946. The van der Waals surface area contributed by atoms with Gasteiger partial charge < -0.3 is 25.2 Å². The number of hydrogen-bond acceptors (Lipinski definition) is 7. The maximum Gasteiger partial charge on any atom is 0.269 e. The van der Waals surface area contributed by atoms with E-state index in [2.05, 4.69) is 17.1 Å². The highest BCUT2D eigenvalue weighted by atomic mass is 35.5. The number of benzene rings is 2. The molecule has 0 heterocycles. The molecule has 0 radical (unpaired) electrons. The minimum absolute atomic E-state index is 0. The molecule has 10 heteroatoms. The fourth-order valence-electron chi connectivity index (χ4n) is 4.83. The van der Waals surface area contributed by atoms with E-state index in [0.29, 0.717) is 18.4 Å². The van der Waals surface area contributed by atoms with E-state index in [4.69, 9.17) is 4.74 Å². The topological polar surface area (TPSA) is 108 Å². The lowest BCUT2D eigenvalue weighted by molar-refractivity contribution is -0.384. The zero-order valence-electron chi connectivity index (χ0n) is 21.6. The summed E-state index contributed by atoms with van der Waals surface area (Å²) in [6.45, 7) is 6.67. The number of phenolic OH excluding ortho intramolecular Hbond substituents is 2. The second-order valence-corrected chi connectivity index (χ2v) is 9.27. The first-order valence-electron chi connectivity index (χ1n) is 12.8. The van der Waals surface area contributed by atoms with E-state index in [1.54, 1.807) is 18.2 Å². The summed E-state index contributed by atoms with van der Waals surface area (Å²) in [6, 6.07) is 10.2. The molecule has 0 saturated heterocycles. The van der Waals surface area contributed by atoms with E-state index in [9.17, 15) is 20.3 Å². The molecular formula is C27H41Cl2N3O5. The molecule has 1 aliphatic carbocycles. The summed E-state index contributed by atoms with van der Waals surface area (Å²) in [7, 11) is 0. The zero-order valence-corrected chi connectivity index (χ0v) is 23.2. The summed E-state index contributed by atoms with van der Waals surface area (Å²) in [4.78, 5) is 12.9. The summed E-state index contributed by atoms with van der Waals surface area (Å²) in [6.07, 6.45) is 8.63. The van der Waals surface area contributed by atoms with Gasteiger partial charge in [-0.05, 0) is 81.9 Å². The summed E-state index contributed by atoms with van der Waals surface area (Å²) < 4.78 is 5.61. The molecule has 1 aliphatic rings. The van der Waals surface area contributed by atoms with Crippen LogP contribution in [0.1, 0.15) is 56.6 Å². The van der Waals surface area contributed by atoms with Crippen LogP contribution < -0.4 is 10.1 Å². The molecule has 0 fully saturated rings. The van der Waals surface area contributed by atoms with Gasteiger partial charge in [0.25, 0.3) is 5.69 Å². The third-order valence-electron chi connectivity index (χ3n) is 6.71. The standard InChI is InChI=1S/C27H39N3O5.2ClH/c1-2-17-29(23-10-13-25-21(20-23)7-14-26(31)27(25)32)18-6-4-3-5-15-28-16-19-35-24-11-8-22(9-12-24)30(33)34;;/h7-9,11-12,14,23,28,31-32H,2-6,10,13,15-20H2,1H3;2*1H/t23-;;/m0../s1. The SMILES string of the molecule is CCCN(CCCCCCNCCOc1ccc([N+](=O)[O-])cc1)[C@H]1CCc2c(ccc(O)c2O)C1.Cl.Cl. The number of nitrogens with zero attached hydrogens (tertiary/aromatic N) is 2. The van der Waals surface area contributed by atoms with Gasteiger partial charge in [0.1, 0.15) is 12.4 Å². The van der Waals surface area contributed by atoms with E-state index in [-0.39, 0.29) is 42.0 Å². The van der Waals surface area contributed by atoms with Gasteiger partial charge in [-0.25, -0.2) is 0 Å². The Morgan fingerprint density at radius 3 is 2.46 bits per heavy atom. The summed E-state index contributed by atoms with van der Waals surface area (Å²) in [5, 5.41) is 34.0. The Balaban J connectivity index is 0.00000342. The number of non-ortho nitro benzene ring substituents is 1. The first-order valence-corrected chi connectivity index (χ1v) is 12.8. The smallest absolute Gasteiger partial charge is 0.269 e. The first-order chi connectivity index (χ1) is 17.0. The van der Waals surface area contributed by atoms with Gasteiger partial charge in [-0.3, -0.25) is 10.1 Å². The summed E-state index contributed by atoms with van der Waals surface area (Å²) in [5.74, 6) is 0.694. The van der Waals surface area contributed by atoms with E-state index in [0.717, 1.165) is 63.8 Å². The Kier molecular flexibility index (Phi) is 15.3. The second-order valence-electron chi connectivity index (χ2n) is 9.27. The van der Waals surface area contributed by atoms with Crippen LogP contribution >= 0.6 is 24.8 Å². The van der Waals surface area contributed by atoms with Gasteiger partial charge in [-0.15, -0.1) is 24.8 Å². The molecule has 0 bridgehead atoms. The number of rotatable bonds is 15. The number of unbranched alkanes of at least 4 members (excludes halogenated alkanes) is 3. The minimum Gasteiger partial charge on any atom is -0.504 e. The van der Waals surface area contributed by atoms with Crippen LogP contribution in [0.15, 0.2) is 36.4 Å². The van der Waals surface area contributed by atoms with Crippen LogP contribution in [-0.4, -0.2) is 58.9 Å². The first kappa shape index (κ1) is 32.8. The lowest BCUT2D eigenvalue weighted by atomic mass is 9.86. The fraction of sp³-hybridized carbons (Fsp3) is 0.556. The number of halogens is 2. The molecule has 0 aromatic heterocycles. The molecule has 3 rings (SSSR count). The Hall–Kier alpha value is -2.26. The fourth-order valence-corrected chi connectivity index (χ4v) is 4.83. The number of phenols is 2. The third kappa shape index (κ3) is 10.2. The summed E-state index contributed by atoms with van der Waals surface area (Å²) in [5.41, 5.74) is 2.16. The predicted octanol–water partition coefficient (Wildman–Crippen LogP) is 5.65. The maximum absolute atomic E-state index is 10.7. The van der Waals surface area contributed by atoms with Crippen LogP contribution in [0.3, 0.4) is 0 Å². The average Bonchev–Trinajstić information content (AvgIpc) is 2.86. The number of nitrogens with one attached hydrogen (secondary N) is 1. The van der Waals surface area contributed by atoms with E-state index >= 15 is 0 Å². The molecule has 3 N–H and O–H groups in total. The van der Waals surface area contributed by atoms with Crippen molar-refractivity contribution in [2.75, 3.05) is 32.8 Å². The molecule has 208 valence electrons. The van der Waals surface area contributed by atoms with Crippen LogP contribution in [0.4, 0.5) is 5.69 Å². The van der Waals surface area contributed by atoms with Crippen molar-refractivity contribution in [3.63, 3.8) is 0 Å². The van der Waals surface area contributed by atoms with Crippen molar-refractivity contribution >= 4 is 30.5 Å². The van der Waals surface area contributed by atoms with Crippen molar-refractivity contribution in [1.29, 1.82) is 0 Å². The lowest BCUT2D eigenvalue weighted by Crippen LogP contribution is -2.40. The van der Waals surface area contributed by atoms with Gasteiger partial charge in [0.2, 0.25) is 0 Å². The molecule has 8 nitrogen and oxygen atoms in total. The lowest BCUT2D eigenvalue weighted by Gasteiger charge is -2.35. The Morgan fingerprint density at radius 2 is 1.76 bits per heavy atom. The summed E-state index contributed by atoms with van der Waals surface area (Å²) >= 11 is 0. The minimum atomic E-state index is -0.415. The van der Waals surface area contributed by atoms with Gasteiger partial charge in [-0.2, -0.15) is 0 Å². The highest BCUT2D eigenvalue weighted by molar-refractivity contribution is 5.85. The molecular weight excluding hydrogens is 517 g/mol. The molecule has 1 atom stereocenters. The highest BCUT2D eigenvalue weighted by Crippen LogP contribution is 2.36. The Morgan fingerprint density at radius 1 is 1.03 bits per heavy atom. The van der Waals surface area contributed by atoms with Gasteiger partial charge in [0.15, 0.2) is 11.5 Å². The number of nitro groups is 1. The van der Waals surface area contributed by atoms with Crippen LogP contribution in [0.2, 0.25) is 0 Å². The number of ether oxygens (including phenoxy) is 1. The molecule has 0 unspecified atom stereocenters. The maximum atomic E-state index is 10.7. The van der Waals surface area contributed by atoms with Crippen molar-refractivity contribution in [2.24, 2.45) is 0 Å². The molecule has 0 amide bonds. The predicted molar refractivity (Wildman–Crippen MR) is 152 cm³/mol. The van der Waals surface area contributed by atoms with Crippen molar-refractivity contribution in [1.82, 2.24) is 10.2 Å². The van der Waals surface area contributed by atoms with Crippen LogP contribution in [0, 0.1) is 10.1 Å². The quantitative estimate of drug-likeness (QED) is 0.112. The Labute approximate surface area is 232 Å². The second kappa shape index (κ2) is 17.3. The molecule has 0 aliphatic heterocycles. The molecule has 37 heavy (non-hydrogen) atoms. The van der Waals surface area contributed by atoms with Crippen molar-refractivity contribution in [3.05, 3.63) is 57.6 Å². The number of aromatic hydroxyl groups is 2. The zero-order chi connectivity index (χ0) is 25.0. The molecule has 2 aromatic carbocycles. The van der Waals surface area contributed by atoms with Crippen LogP contribution in [0.25, 0.3) is 0 Å². The van der Waals surface area contributed by atoms with Gasteiger partial charge in [-0.1, -0.05) is 25.8 Å². The van der Waals surface area contributed by atoms with Crippen LogP contribution in [0.5, 0.6) is 17.2 Å². The molecule has 2 aromatic rings. The van der Waals surface area contributed by atoms with Crippen molar-refractivity contribution in [2.45, 2.75) is 64.3 Å². The molecule has 0 saturated carbocycles. The van der Waals surface area contributed by atoms with Gasteiger partial charge in [0, 0.05) is 30.3 Å². The van der Waals surface area contributed by atoms with Crippen LogP contribution in [-0.2, 0) is 12.8 Å². The number of hydrogen-bond donors (Lipinski definition) is 3. The molecule has 0 spiro atoms. The van der Waals surface area contributed by atoms with Crippen molar-refractivity contribution in [3.8, 4) is 17.2 Å². The largest absolute Gasteiger partial charge is 0.504 e. The third-order valence-corrected chi connectivity index (χ3v) is 6.71. The van der Waals surface area contributed by atoms with Gasteiger partial charge >= 0.3 is 0 Å². The highest BCUT2D eigenvalue weighted by Gasteiger charge is 2.26.